The lowest BCUT2D eigenvalue weighted by Crippen LogP contribution is -2.53. The predicted molar refractivity (Wildman–Crippen MR) is 137 cm³/mol. The first kappa shape index (κ1) is 28.1. The lowest BCUT2D eigenvalue weighted by atomic mass is 9.85. The van der Waals surface area contributed by atoms with E-state index in [0.29, 0.717) is 11.6 Å². The summed E-state index contributed by atoms with van der Waals surface area (Å²) in [6.45, 7) is 5.85. The molecule has 2 aliphatic heterocycles. The number of nitrogens with one attached hydrogen (secondary N) is 1. The maximum Gasteiger partial charge on any atom is 0.416 e. The zero-order valence-corrected chi connectivity index (χ0v) is 22.6. The van der Waals surface area contributed by atoms with Crippen molar-refractivity contribution in [2.45, 2.75) is 82.8 Å². The van der Waals surface area contributed by atoms with Crippen molar-refractivity contribution in [2.75, 3.05) is 18.0 Å². The highest BCUT2D eigenvalue weighted by Gasteiger charge is 2.46. The van der Waals surface area contributed by atoms with Gasteiger partial charge >= 0.3 is 6.18 Å². The smallest absolute Gasteiger partial charge is 0.391 e. The van der Waals surface area contributed by atoms with E-state index in [1.165, 1.54) is 26.6 Å². The SMILES string of the molecule is CC(C)(C)[C@@H](C(=O)N1C[C@H](O)C[C@H]1C(=O)NC1CCN(c2ccc(C(F)(F)F)cc2)C1=O)n1cc(C2CC2)nn1. The highest BCUT2D eigenvalue weighted by atomic mass is 19.4. The van der Waals surface area contributed by atoms with E-state index in [4.69, 9.17) is 0 Å². The average molecular weight is 563 g/mol. The lowest BCUT2D eigenvalue weighted by molar-refractivity contribution is -0.144. The minimum absolute atomic E-state index is 0.0165. The number of aliphatic hydroxyl groups is 1. The highest BCUT2D eigenvalue weighted by molar-refractivity contribution is 6.02. The van der Waals surface area contributed by atoms with Gasteiger partial charge in [0.25, 0.3) is 0 Å². The van der Waals surface area contributed by atoms with Crippen LogP contribution in [0.4, 0.5) is 18.9 Å². The van der Waals surface area contributed by atoms with E-state index in [1.54, 1.807) is 6.20 Å². The van der Waals surface area contributed by atoms with Gasteiger partial charge < -0.3 is 20.2 Å². The number of amides is 3. The second-order valence-corrected chi connectivity index (χ2v) is 11.9. The molecular weight excluding hydrogens is 529 g/mol. The number of aliphatic hydroxyl groups excluding tert-OH is 1. The Balaban J connectivity index is 1.29. The number of hydrogen-bond acceptors (Lipinski definition) is 6. The van der Waals surface area contributed by atoms with Crippen LogP contribution in [0, 0.1) is 5.41 Å². The van der Waals surface area contributed by atoms with Crippen LogP contribution in [-0.2, 0) is 20.6 Å². The quantitative estimate of drug-likeness (QED) is 0.559. The van der Waals surface area contributed by atoms with Gasteiger partial charge in [-0.3, -0.25) is 14.4 Å². The van der Waals surface area contributed by atoms with Crippen LogP contribution in [0.1, 0.15) is 69.7 Å². The van der Waals surface area contributed by atoms with Crippen molar-refractivity contribution in [3.05, 3.63) is 41.7 Å². The molecule has 3 amide bonds. The zero-order valence-electron chi connectivity index (χ0n) is 22.6. The van der Waals surface area contributed by atoms with Crippen LogP contribution in [0.2, 0.25) is 0 Å². The number of hydrogen-bond donors (Lipinski definition) is 2. The predicted octanol–water partition coefficient (Wildman–Crippen LogP) is 2.65. The van der Waals surface area contributed by atoms with Gasteiger partial charge in [0.05, 0.1) is 17.4 Å². The molecule has 1 aromatic heterocycles. The monoisotopic (exact) mass is 562 g/mol. The Morgan fingerprint density at radius 3 is 2.38 bits per heavy atom. The van der Waals surface area contributed by atoms with Crippen molar-refractivity contribution in [3.63, 3.8) is 0 Å². The first-order valence-corrected chi connectivity index (χ1v) is 13.4. The van der Waals surface area contributed by atoms with E-state index in [-0.39, 0.29) is 31.8 Å². The van der Waals surface area contributed by atoms with Crippen LogP contribution in [0.15, 0.2) is 30.5 Å². The highest BCUT2D eigenvalue weighted by Crippen LogP contribution is 2.40. The fourth-order valence-electron chi connectivity index (χ4n) is 5.49. The second kappa shape index (κ2) is 10.2. The third-order valence-electron chi connectivity index (χ3n) is 7.74. The third kappa shape index (κ3) is 5.56. The van der Waals surface area contributed by atoms with Crippen molar-refractivity contribution in [3.8, 4) is 0 Å². The van der Waals surface area contributed by atoms with E-state index < -0.39 is 53.2 Å². The van der Waals surface area contributed by atoms with Gasteiger partial charge in [0, 0.05) is 37.3 Å². The van der Waals surface area contributed by atoms with E-state index in [2.05, 4.69) is 15.6 Å². The summed E-state index contributed by atoms with van der Waals surface area (Å²) in [5.41, 5.74) is -0.269. The topological polar surface area (TPSA) is 121 Å². The van der Waals surface area contributed by atoms with Gasteiger partial charge in [0.1, 0.15) is 18.1 Å². The molecule has 0 radical (unpaired) electrons. The van der Waals surface area contributed by atoms with Gasteiger partial charge in [-0.1, -0.05) is 26.0 Å². The molecule has 3 fully saturated rings. The first-order valence-electron chi connectivity index (χ1n) is 13.4. The zero-order chi connectivity index (χ0) is 29.0. The number of benzene rings is 1. The Morgan fingerprint density at radius 1 is 1.10 bits per heavy atom. The summed E-state index contributed by atoms with van der Waals surface area (Å²) in [6, 6.07) is 1.61. The summed E-state index contributed by atoms with van der Waals surface area (Å²) < 4.78 is 40.3. The average Bonchev–Trinajstić information content (AvgIpc) is 3.30. The van der Waals surface area contributed by atoms with Crippen molar-refractivity contribution in [1.29, 1.82) is 0 Å². The third-order valence-corrected chi connectivity index (χ3v) is 7.74. The molecule has 1 aliphatic carbocycles. The fraction of sp³-hybridized carbons (Fsp3) is 0.593. The number of alkyl halides is 3. The van der Waals surface area contributed by atoms with E-state index in [0.717, 1.165) is 30.7 Å². The summed E-state index contributed by atoms with van der Waals surface area (Å²) >= 11 is 0. The largest absolute Gasteiger partial charge is 0.416 e. The molecule has 1 saturated carbocycles. The number of aromatic nitrogens is 3. The van der Waals surface area contributed by atoms with Crippen molar-refractivity contribution in [2.24, 2.45) is 5.41 Å². The lowest BCUT2D eigenvalue weighted by Gasteiger charge is -2.34. The summed E-state index contributed by atoms with van der Waals surface area (Å²) in [6.07, 6.45) is -1.29. The van der Waals surface area contributed by atoms with E-state index >= 15 is 0 Å². The molecule has 0 spiro atoms. The number of carbonyl (C=O) groups is 3. The van der Waals surface area contributed by atoms with Gasteiger partial charge in [0.15, 0.2) is 0 Å². The number of anilines is 1. The van der Waals surface area contributed by atoms with Crippen molar-refractivity contribution >= 4 is 23.4 Å². The van der Waals surface area contributed by atoms with Crippen LogP contribution >= 0.6 is 0 Å². The molecule has 5 rings (SSSR count). The summed E-state index contributed by atoms with van der Waals surface area (Å²) in [7, 11) is 0. The van der Waals surface area contributed by atoms with Gasteiger partial charge in [-0.05, 0) is 48.9 Å². The maximum atomic E-state index is 13.9. The number of rotatable bonds is 6. The Bertz CT molecular complexity index is 1280. The molecule has 3 aliphatic rings. The first-order chi connectivity index (χ1) is 18.7. The number of carbonyl (C=O) groups excluding carboxylic acids is 3. The molecule has 2 N–H and O–H groups in total. The standard InChI is InChI=1S/C27H33F3N6O4/c1-26(2,3)22(36-14-20(32-33-36)15-4-5-15)25(40)35-13-18(37)12-21(35)23(38)31-19-10-11-34(24(19)39)17-8-6-16(7-9-17)27(28,29)30/h6-9,14-15,18-19,21-22,37H,4-5,10-13H2,1-3H3,(H,31,38)/t18-,19?,21+,22-/m1/s1. The number of nitrogens with zero attached hydrogens (tertiary/aromatic N) is 5. The van der Waals surface area contributed by atoms with E-state index in [9.17, 15) is 32.7 Å². The Morgan fingerprint density at radius 2 is 1.77 bits per heavy atom. The Kier molecular flexibility index (Phi) is 7.13. The molecular formula is C27H33F3N6O4. The van der Waals surface area contributed by atoms with Crippen LogP contribution in [-0.4, -0.2) is 74.0 Å². The molecule has 0 bridgehead atoms. The molecule has 10 nitrogen and oxygen atoms in total. The summed E-state index contributed by atoms with van der Waals surface area (Å²) in [4.78, 5) is 43.0. The molecule has 40 heavy (non-hydrogen) atoms. The number of likely N-dealkylation sites (tertiary alicyclic amines) is 1. The molecule has 4 atom stereocenters. The van der Waals surface area contributed by atoms with Crippen LogP contribution in [0.25, 0.3) is 0 Å². The molecule has 1 unspecified atom stereocenters. The Hall–Kier alpha value is -3.48. The molecule has 216 valence electrons. The normalized spacial score (nSPS) is 24.5. The maximum absolute atomic E-state index is 13.9. The Labute approximate surface area is 229 Å². The van der Waals surface area contributed by atoms with Gasteiger partial charge in [0.2, 0.25) is 17.7 Å². The minimum Gasteiger partial charge on any atom is -0.391 e. The fourth-order valence-corrected chi connectivity index (χ4v) is 5.49. The van der Waals surface area contributed by atoms with Gasteiger partial charge in [-0.2, -0.15) is 13.2 Å². The summed E-state index contributed by atoms with van der Waals surface area (Å²) in [5, 5.41) is 21.6. The van der Waals surface area contributed by atoms with Gasteiger partial charge in [-0.15, -0.1) is 5.10 Å². The van der Waals surface area contributed by atoms with Crippen LogP contribution in [0.5, 0.6) is 0 Å². The van der Waals surface area contributed by atoms with Crippen molar-refractivity contribution < 1.29 is 32.7 Å². The number of halogens is 3. The van der Waals surface area contributed by atoms with Crippen molar-refractivity contribution in [1.82, 2.24) is 25.2 Å². The van der Waals surface area contributed by atoms with E-state index in [1.807, 2.05) is 20.8 Å². The summed E-state index contributed by atoms with van der Waals surface area (Å²) in [5.74, 6) is -1.04. The number of β-amino-alcohol motifs (C(OH)–C–C–N with tert-alkyl or cyclic N) is 1. The van der Waals surface area contributed by atoms with Crippen LogP contribution < -0.4 is 10.2 Å². The molecule has 1 aromatic carbocycles. The minimum atomic E-state index is -4.49. The molecule has 2 saturated heterocycles. The second-order valence-electron chi connectivity index (χ2n) is 11.9. The molecule has 3 heterocycles. The molecule has 2 aromatic rings. The molecule has 13 heteroatoms. The van der Waals surface area contributed by atoms with Gasteiger partial charge in [-0.25, -0.2) is 4.68 Å². The van der Waals surface area contributed by atoms with Crippen LogP contribution in [0.3, 0.4) is 0 Å².